The summed E-state index contributed by atoms with van der Waals surface area (Å²) in [6, 6.07) is 10.1. The van der Waals surface area contributed by atoms with Crippen molar-refractivity contribution in [1.29, 1.82) is 0 Å². The van der Waals surface area contributed by atoms with Crippen LogP contribution in [0.25, 0.3) is 0 Å². The molecule has 4 rings (SSSR count). The van der Waals surface area contributed by atoms with Crippen LogP contribution in [0.1, 0.15) is 35.1 Å². The molecule has 4 heterocycles. The highest BCUT2D eigenvalue weighted by atomic mass is 32.1. The summed E-state index contributed by atoms with van der Waals surface area (Å²) in [6.45, 7) is 3.71. The molecule has 3 aromatic heterocycles. The first kappa shape index (κ1) is 16.0. The van der Waals surface area contributed by atoms with Crippen LogP contribution in [-0.4, -0.2) is 31.9 Å². The quantitative estimate of drug-likeness (QED) is 0.725. The van der Waals surface area contributed by atoms with Crippen LogP contribution in [0.15, 0.2) is 48.1 Å². The molecule has 0 aliphatic carbocycles. The number of hydrogen-bond donors (Lipinski definition) is 0. The van der Waals surface area contributed by atoms with Crippen molar-refractivity contribution in [3.05, 3.63) is 70.2 Å². The summed E-state index contributed by atoms with van der Waals surface area (Å²) in [4.78, 5) is 23.7. The van der Waals surface area contributed by atoms with Crippen LogP contribution in [-0.2, 0) is 24.2 Å². The topological polar surface area (TPSA) is 51.0 Å². The molecule has 0 saturated carbocycles. The van der Waals surface area contributed by atoms with E-state index in [2.05, 4.69) is 33.7 Å². The first-order valence-corrected chi connectivity index (χ1v) is 9.36. The van der Waals surface area contributed by atoms with Gasteiger partial charge in [0, 0.05) is 48.7 Å². The van der Waals surface area contributed by atoms with Crippen LogP contribution in [0.3, 0.4) is 0 Å². The van der Waals surface area contributed by atoms with Crippen molar-refractivity contribution < 1.29 is 4.79 Å². The molecule has 1 unspecified atom stereocenters. The van der Waals surface area contributed by atoms with E-state index in [1.54, 1.807) is 17.5 Å². The standard InChI is InChI=1S/C19H20N4OS/c1-14-17-6-4-8-22(17)9-10-23(14)19(24)12-16-13-25-18(21-16)11-15-5-2-3-7-20-15/h2-8,13-14H,9-12H2,1H3. The lowest BCUT2D eigenvalue weighted by Crippen LogP contribution is -2.41. The molecule has 0 spiro atoms. The molecule has 0 radical (unpaired) electrons. The third kappa shape index (κ3) is 3.35. The van der Waals surface area contributed by atoms with Gasteiger partial charge < -0.3 is 9.47 Å². The van der Waals surface area contributed by atoms with Gasteiger partial charge in [-0.1, -0.05) is 6.07 Å². The third-order valence-corrected chi connectivity index (χ3v) is 5.55. The van der Waals surface area contributed by atoms with Crippen molar-refractivity contribution in [3.8, 4) is 0 Å². The Kier molecular flexibility index (Phi) is 4.36. The van der Waals surface area contributed by atoms with Gasteiger partial charge >= 0.3 is 0 Å². The Morgan fingerprint density at radius 2 is 2.16 bits per heavy atom. The second-order valence-electron chi connectivity index (χ2n) is 6.30. The van der Waals surface area contributed by atoms with Crippen LogP contribution < -0.4 is 0 Å². The molecule has 0 aromatic carbocycles. The molecule has 1 aliphatic heterocycles. The van der Waals surface area contributed by atoms with Gasteiger partial charge in [0.2, 0.25) is 5.91 Å². The van der Waals surface area contributed by atoms with Gasteiger partial charge in [-0.15, -0.1) is 11.3 Å². The number of nitrogens with zero attached hydrogens (tertiary/aromatic N) is 4. The monoisotopic (exact) mass is 352 g/mol. The van der Waals surface area contributed by atoms with E-state index in [0.717, 1.165) is 29.5 Å². The molecule has 0 fully saturated rings. The normalized spacial score (nSPS) is 16.7. The summed E-state index contributed by atoms with van der Waals surface area (Å²) in [5.74, 6) is 0.148. The summed E-state index contributed by atoms with van der Waals surface area (Å²) in [6.07, 6.45) is 4.95. The Morgan fingerprint density at radius 1 is 1.24 bits per heavy atom. The molecule has 3 aromatic rings. The fourth-order valence-corrected chi connectivity index (χ4v) is 4.15. The maximum Gasteiger partial charge on any atom is 0.229 e. The summed E-state index contributed by atoms with van der Waals surface area (Å²) in [5, 5.41) is 3.00. The predicted octanol–water partition coefficient (Wildman–Crippen LogP) is 3.08. The highest BCUT2D eigenvalue weighted by molar-refractivity contribution is 7.09. The van der Waals surface area contributed by atoms with Crippen LogP contribution >= 0.6 is 11.3 Å². The van der Waals surface area contributed by atoms with E-state index in [4.69, 9.17) is 0 Å². The van der Waals surface area contributed by atoms with E-state index in [9.17, 15) is 4.79 Å². The molecule has 0 bridgehead atoms. The molecule has 0 N–H and O–H groups in total. The maximum absolute atomic E-state index is 12.7. The fraction of sp³-hybridized carbons (Fsp3) is 0.316. The van der Waals surface area contributed by atoms with Crippen LogP contribution in [0.4, 0.5) is 0 Å². The number of aromatic nitrogens is 3. The Balaban J connectivity index is 1.42. The van der Waals surface area contributed by atoms with Crippen molar-refractivity contribution in [3.63, 3.8) is 0 Å². The number of fused-ring (bicyclic) bond motifs is 1. The summed E-state index contributed by atoms with van der Waals surface area (Å²) in [5.41, 5.74) is 3.06. The van der Waals surface area contributed by atoms with E-state index in [0.29, 0.717) is 12.8 Å². The van der Waals surface area contributed by atoms with E-state index in [1.165, 1.54) is 5.69 Å². The van der Waals surface area contributed by atoms with Gasteiger partial charge in [-0.05, 0) is 31.2 Å². The molecule has 1 amide bonds. The first-order chi connectivity index (χ1) is 12.2. The summed E-state index contributed by atoms with van der Waals surface area (Å²) in [7, 11) is 0. The van der Waals surface area contributed by atoms with Gasteiger partial charge in [-0.25, -0.2) is 4.98 Å². The minimum absolute atomic E-state index is 0.114. The minimum Gasteiger partial charge on any atom is -0.348 e. The number of pyridine rings is 1. The zero-order valence-corrected chi connectivity index (χ0v) is 14.9. The molecular weight excluding hydrogens is 332 g/mol. The largest absolute Gasteiger partial charge is 0.348 e. The van der Waals surface area contributed by atoms with Gasteiger partial charge in [0.1, 0.15) is 0 Å². The van der Waals surface area contributed by atoms with Gasteiger partial charge in [0.15, 0.2) is 0 Å². The maximum atomic E-state index is 12.7. The second-order valence-corrected chi connectivity index (χ2v) is 7.24. The number of carbonyl (C=O) groups excluding carboxylic acids is 1. The Bertz CT molecular complexity index is 870. The minimum atomic E-state index is 0.114. The highest BCUT2D eigenvalue weighted by Crippen LogP contribution is 2.26. The number of thiazole rings is 1. The highest BCUT2D eigenvalue weighted by Gasteiger charge is 2.27. The molecule has 1 aliphatic rings. The fourth-order valence-electron chi connectivity index (χ4n) is 3.35. The van der Waals surface area contributed by atoms with Crippen LogP contribution in [0.2, 0.25) is 0 Å². The van der Waals surface area contributed by atoms with Crippen molar-refractivity contribution in [2.75, 3.05) is 6.54 Å². The average molecular weight is 352 g/mol. The molecule has 0 saturated heterocycles. The Hall–Kier alpha value is -2.47. The lowest BCUT2D eigenvalue weighted by atomic mass is 10.1. The number of amides is 1. The molecule has 6 heteroatoms. The molecule has 128 valence electrons. The first-order valence-electron chi connectivity index (χ1n) is 8.48. The van der Waals surface area contributed by atoms with Crippen molar-refractivity contribution in [2.45, 2.75) is 32.4 Å². The van der Waals surface area contributed by atoms with Gasteiger partial charge in [-0.2, -0.15) is 0 Å². The second kappa shape index (κ2) is 6.80. The Labute approximate surface area is 151 Å². The predicted molar refractivity (Wildman–Crippen MR) is 97.4 cm³/mol. The average Bonchev–Trinajstić information content (AvgIpc) is 3.26. The van der Waals surface area contributed by atoms with E-state index in [1.807, 2.05) is 34.5 Å². The summed E-state index contributed by atoms with van der Waals surface area (Å²) >= 11 is 1.60. The third-order valence-electron chi connectivity index (χ3n) is 4.65. The van der Waals surface area contributed by atoms with Crippen molar-refractivity contribution in [2.24, 2.45) is 0 Å². The van der Waals surface area contributed by atoms with Gasteiger partial charge in [-0.3, -0.25) is 9.78 Å². The van der Waals surface area contributed by atoms with E-state index >= 15 is 0 Å². The number of carbonyl (C=O) groups is 1. The lowest BCUT2D eigenvalue weighted by molar-refractivity contribution is -0.133. The van der Waals surface area contributed by atoms with Gasteiger partial charge in [0.25, 0.3) is 0 Å². The zero-order valence-electron chi connectivity index (χ0n) is 14.1. The SMILES string of the molecule is CC1c2cccn2CCN1C(=O)Cc1csc(Cc2ccccn2)n1. The molecule has 5 nitrogen and oxygen atoms in total. The van der Waals surface area contributed by atoms with E-state index in [-0.39, 0.29) is 11.9 Å². The zero-order chi connectivity index (χ0) is 17.2. The number of rotatable bonds is 4. The molecule has 25 heavy (non-hydrogen) atoms. The summed E-state index contributed by atoms with van der Waals surface area (Å²) < 4.78 is 2.22. The smallest absolute Gasteiger partial charge is 0.229 e. The van der Waals surface area contributed by atoms with Gasteiger partial charge in [0.05, 0.1) is 23.2 Å². The van der Waals surface area contributed by atoms with Crippen molar-refractivity contribution >= 4 is 17.2 Å². The van der Waals surface area contributed by atoms with Crippen molar-refractivity contribution in [1.82, 2.24) is 19.4 Å². The molecular formula is C19H20N4OS. The van der Waals surface area contributed by atoms with Crippen LogP contribution in [0, 0.1) is 0 Å². The van der Waals surface area contributed by atoms with Crippen LogP contribution in [0.5, 0.6) is 0 Å². The van der Waals surface area contributed by atoms with E-state index < -0.39 is 0 Å². The lowest BCUT2D eigenvalue weighted by Gasteiger charge is -2.34. The Morgan fingerprint density at radius 3 is 3.00 bits per heavy atom. The molecule has 1 atom stereocenters. The number of hydrogen-bond acceptors (Lipinski definition) is 4.